The largest absolute Gasteiger partial charge is 0.304 e. The Labute approximate surface area is 24.8 Å². The maximum Gasteiger partial charge on any atom is 0.304 e. The molecule has 1 radical (unpaired) electrons. The maximum absolute atomic E-state index is 8.92. The van der Waals surface area contributed by atoms with Crippen molar-refractivity contribution in [1.82, 2.24) is 5.18 Å². The minimum absolute atomic E-state index is 0.389. The van der Waals surface area contributed by atoms with Crippen molar-refractivity contribution in [3.8, 4) is 0 Å². The normalized spacial score (nSPS) is 6.25. The lowest BCUT2D eigenvalue weighted by molar-refractivity contribution is 1.00. The summed E-state index contributed by atoms with van der Waals surface area (Å²) in [4.78, 5) is 8.92. The minimum Gasteiger partial charge on any atom is 0.00701 e. The lowest BCUT2D eigenvalue weighted by Gasteiger charge is -1.30. The highest BCUT2D eigenvalue weighted by Crippen LogP contribution is 1.34. The van der Waals surface area contributed by atoms with Crippen LogP contribution in [0.5, 0.6) is 0 Å². The number of nitrogens with zero attached hydrogens (tertiary/aromatic N) is 1. The molecule has 0 aliphatic rings. The molecule has 23 valence electrons. The van der Waals surface area contributed by atoms with E-state index in [1.54, 1.807) is 6.92 Å². The van der Waals surface area contributed by atoms with Gasteiger partial charge in [0.15, 0.2) is 0 Å². The van der Waals surface area contributed by atoms with Crippen LogP contribution in [0.25, 0.3) is 0 Å². The van der Waals surface area contributed by atoms with E-state index in [4.69, 9.17) is 4.91 Å². The molecule has 0 aromatic heterocycles. The van der Waals surface area contributed by atoms with Crippen molar-refractivity contribution in [1.29, 1.82) is 0 Å². The maximum atomic E-state index is 8.92. The summed E-state index contributed by atoms with van der Waals surface area (Å²) in [7, 11) is 0. The van der Waals surface area contributed by atoms with E-state index in [-0.39, 0.29) is 0 Å². The molecule has 0 amide bonds. The molecule has 0 aliphatic heterocycles. The quantitative estimate of drug-likeness (QED) is 0.421. The summed E-state index contributed by atoms with van der Waals surface area (Å²) in [5.41, 5.74) is 0. The van der Waals surface area contributed by atoms with Gasteiger partial charge in [-0.2, -0.15) is 0 Å². The van der Waals surface area contributed by atoms with Gasteiger partial charge in [-0.05, 0) is 0 Å². The summed E-state index contributed by atoms with van der Waals surface area (Å²) >= 11 is 0. The first-order valence-corrected chi connectivity index (χ1v) is 1.21. The predicted octanol–water partition coefficient (Wildman–Crippen LogP) is 0.108. The average Bonchev–Trinajstić information content (AvgIpc) is 1.37. The third-order valence-electron chi connectivity index (χ3n) is 0.129. The van der Waals surface area contributed by atoms with Gasteiger partial charge in [0.2, 0.25) is 0 Å². The Hall–Kier alpha value is -0.400. The van der Waals surface area contributed by atoms with Crippen LogP contribution in [0.3, 0.4) is 0 Å². The van der Waals surface area contributed by atoms with Crippen LogP contribution in [0.15, 0.2) is 0 Å². The van der Waals surface area contributed by atoms with Crippen molar-refractivity contribution < 1.29 is 0 Å². The van der Waals surface area contributed by atoms with Crippen molar-refractivity contribution in [2.24, 2.45) is 0 Å². The Morgan fingerprint density at radius 2 is 2.25 bits per heavy atom. The highest BCUT2D eigenvalue weighted by atomic mass is 16.3. The van der Waals surface area contributed by atoms with Gasteiger partial charge in [-0.15, -0.1) is 0 Å². The summed E-state index contributed by atoms with van der Waals surface area (Å²) in [6.07, 6.45) is 0. The lowest BCUT2D eigenvalue weighted by Crippen LogP contribution is -1.75. The summed E-state index contributed by atoms with van der Waals surface area (Å²) in [6.45, 7) is 2.09. The zero-order valence-electron chi connectivity index (χ0n) is 2.56. The van der Waals surface area contributed by atoms with E-state index < -0.39 is 0 Å². The van der Waals surface area contributed by atoms with Gasteiger partial charge in [-0.25, -0.2) is 0 Å². The Balaban J connectivity index is 2.30. The van der Waals surface area contributed by atoms with Crippen molar-refractivity contribution in [3.05, 3.63) is 4.91 Å². The van der Waals surface area contributed by atoms with Crippen molar-refractivity contribution >= 4 is 0 Å². The number of hydrogen-bond donors (Lipinski definition) is 0. The van der Waals surface area contributed by atoms with Crippen molar-refractivity contribution in [3.63, 3.8) is 0 Å². The van der Waals surface area contributed by atoms with Crippen LogP contribution < -0.4 is 5.18 Å². The molecule has 0 unspecified atom stereocenters. The third kappa shape index (κ3) is 1.60. The fraction of sp³-hybridized carbons (Fsp3) is 1.00. The van der Waals surface area contributed by atoms with Crippen molar-refractivity contribution in [2.45, 2.75) is 6.92 Å². The molecule has 0 aliphatic carbocycles. The lowest BCUT2D eigenvalue weighted by atomic mass is 10.8. The van der Waals surface area contributed by atoms with Gasteiger partial charge in [0.25, 0.3) is 6.54 Å². The summed E-state index contributed by atoms with van der Waals surface area (Å²) in [6, 6.07) is 0. The smallest absolute Gasteiger partial charge is 0.00701 e. The van der Waals surface area contributed by atoms with Gasteiger partial charge in [-0.1, -0.05) is 0 Å². The topological polar surface area (TPSA) is 31.2 Å². The van der Waals surface area contributed by atoms with Gasteiger partial charge in [0.05, 0.1) is 4.91 Å². The fourth-order valence-electron chi connectivity index (χ4n) is 0. The molecular weight excluding hydrogens is 54.0 g/mol. The van der Waals surface area contributed by atoms with Gasteiger partial charge in [0.1, 0.15) is 0 Å². The molecule has 2 nitrogen and oxygen atoms in total. The Bertz CT molecular complexity index is 20.0. The second kappa shape index (κ2) is 2.60. The Morgan fingerprint density at radius 3 is 2.25 bits per heavy atom. The summed E-state index contributed by atoms with van der Waals surface area (Å²) < 4.78 is 0. The minimum atomic E-state index is 0.389. The van der Waals surface area contributed by atoms with E-state index in [0.29, 0.717) is 6.54 Å². The first-order chi connectivity index (χ1) is 1.91. The van der Waals surface area contributed by atoms with Crippen LogP contribution in [0, 0.1) is 4.91 Å². The highest BCUT2D eigenvalue weighted by Gasteiger charge is 1.74. The fourth-order valence-corrected chi connectivity index (χ4v) is 0. The van der Waals surface area contributed by atoms with E-state index in [1.165, 1.54) is 0 Å². The molecule has 2 heteroatoms. The molecule has 0 bridgehead atoms. The highest BCUT2D eigenvalue weighted by molar-refractivity contribution is 4.12. The monoisotopic (exact) mass is 59.0 g/mol. The SMILES string of the molecule is CC[N+]=O. The molecule has 0 heterocycles. The second-order valence-electron chi connectivity index (χ2n) is 0.445. The molecule has 0 atom stereocenters. The zero-order chi connectivity index (χ0) is 3.41. The third-order valence-corrected chi connectivity index (χ3v) is 0.129. The first-order valence-electron chi connectivity index (χ1n) is 1.21. The van der Waals surface area contributed by atoms with E-state index in [9.17, 15) is 0 Å². The standard InChI is InChI=1S/C2H5NO/c1-2-3-4/h2H2,1H3/q+1. The van der Waals surface area contributed by atoms with Gasteiger partial charge in [0, 0.05) is 6.92 Å². The van der Waals surface area contributed by atoms with Gasteiger partial charge < -0.3 is 0 Å². The molecule has 0 fully saturated rings. The first kappa shape index (κ1) is 3.60. The van der Waals surface area contributed by atoms with Crippen LogP contribution in [-0.2, 0) is 0 Å². The molecule has 0 N–H and O–H groups in total. The molecule has 0 aromatic carbocycles. The van der Waals surface area contributed by atoms with Crippen LogP contribution in [0.2, 0.25) is 0 Å². The molecule has 0 rings (SSSR count). The Kier molecular flexibility index (Phi) is 2.34. The molecule has 4 heavy (non-hydrogen) atoms. The van der Waals surface area contributed by atoms with E-state index >= 15 is 0 Å². The molecule has 0 aromatic rings. The molecule has 0 saturated carbocycles. The van der Waals surface area contributed by atoms with Gasteiger partial charge in [-0.3, -0.25) is 0 Å². The average molecular weight is 59.1 g/mol. The number of hydrogen-bond acceptors (Lipinski definition) is 2. The zero-order valence-corrected chi connectivity index (χ0v) is 2.56. The molecule has 0 spiro atoms. The number of rotatable bonds is 1. The summed E-state index contributed by atoms with van der Waals surface area (Å²) in [5, 5.41) is 2.49. The van der Waals surface area contributed by atoms with Gasteiger partial charge >= 0.3 is 5.18 Å². The van der Waals surface area contributed by atoms with Crippen LogP contribution >= 0.6 is 0 Å². The van der Waals surface area contributed by atoms with Crippen LogP contribution in [0.4, 0.5) is 0 Å². The van der Waals surface area contributed by atoms with E-state index in [2.05, 4.69) is 5.18 Å². The molecule has 0 saturated heterocycles. The van der Waals surface area contributed by atoms with Crippen LogP contribution in [0.1, 0.15) is 6.92 Å². The molecular formula is C2H5NO+. The van der Waals surface area contributed by atoms with Crippen LogP contribution in [-0.4, -0.2) is 6.54 Å². The number of nitroso groups, excluding NO2 is 1. The van der Waals surface area contributed by atoms with E-state index in [0.717, 1.165) is 0 Å². The summed E-state index contributed by atoms with van der Waals surface area (Å²) in [5.74, 6) is 0. The van der Waals surface area contributed by atoms with Crippen molar-refractivity contribution in [2.75, 3.05) is 6.54 Å². The van der Waals surface area contributed by atoms with E-state index in [1.807, 2.05) is 0 Å². The Morgan fingerprint density at radius 1 is 2.00 bits per heavy atom. The predicted molar refractivity (Wildman–Crippen MR) is 16.0 cm³/mol. The second-order valence-corrected chi connectivity index (χ2v) is 0.445.